The van der Waals surface area contributed by atoms with E-state index in [-0.39, 0.29) is 35.1 Å². The molecule has 0 radical (unpaired) electrons. The summed E-state index contributed by atoms with van der Waals surface area (Å²) in [5.74, 6) is -1.38. The Labute approximate surface area is 118 Å². The minimum absolute atomic E-state index is 0.0573. The van der Waals surface area contributed by atoms with Gasteiger partial charge in [-0.2, -0.15) is 13.2 Å². The third kappa shape index (κ3) is 4.80. The molecule has 1 N–H and O–H groups in total. The average Bonchev–Trinajstić information content (AvgIpc) is 2.33. The number of rotatable bonds is 6. The third-order valence-electron chi connectivity index (χ3n) is 2.32. The molecule has 1 aromatic carbocycles. The van der Waals surface area contributed by atoms with E-state index < -0.39 is 18.6 Å². The molecule has 0 heterocycles. The van der Waals surface area contributed by atoms with Crippen molar-refractivity contribution in [2.75, 3.05) is 13.7 Å². The van der Waals surface area contributed by atoms with Crippen molar-refractivity contribution in [2.45, 2.75) is 19.0 Å². The molecule has 0 saturated heterocycles. The topological polar surface area (TPSA) is 55.8 Å². The highest BCUT2D eigenvalue weighted by atomic mass is 35.5. The van der Waals surface area contributed by atoms with Gasteiger partial charge in [-0.3, -0.25) is 0 Å². The fourth-order valence-corrected chi connectivity index (χ4v) is 1.68. The number of ether oxygens (including phenoxy) is 2. The number of methoxy groups -OCH3 is 1. The molecule has 4 nitrogen and oxygen atoms in total. The van der Waals surface area contributed by atoms with Crippen LogP contribution in [0.15, 0.2) is 12.1 Å². The highest BCUT2D eigenvalue weighted by Crippen LogP contribution is 2.35. The summed E-state index contributed by atoms with van der Waals surface area (Å²) in [6, 6.07) is 2.47. The van der Waals surface area contributed by atoms with Gasteiger partial charge in [0.1, 0.15) is 5.56 Å². The minimum Gasteiger partial charge on any atom is -0.493 e. The fourth-order valence-electron chi connectivity index (χ4n) is 1.47. The molecule has 0 spiro atoms. The molecular weight excluding hydrogens is 301 g/mol. The zero-order valence-electron chi connectivity index (χ0n) is 10.5. The number of hydrogen-bond donors (Lipinski definition) is 1. The Morgan fingerprint density at radius 2 is 2.05 bits per heavy atom. The number of carboxylic acids is 1. The van der Waals surface area contributed by atoms with E-state index in [0.29, 0.717) is 0 Å². The third-order valence-corrected chi connectivity index (χ3v) is 2.54. The second kappa shape index (κ2) is 6.69. The molecule has 0 atom stereocenters. The lowest BCUT2D eigenvalue weighted by molar-refractivity contribution is -0.136. The van der Waals surface area contributed by atoms with Crippen LogP contribution < -0.4 is 9.47 Å². The van der Waals surface area contributed by atoms with Crippen LogP contribution in [0.2, 0.25) is 5.02 Å². The van der Waals surface area contributed by atoms with Gasteiger partial charge in [-0.1, -0.05) is 11.6 Å². The summed E-state index contributed by atoms with van der Waals surface area (Å²) >= 11 is 5.72. The van der Waals surface area contributed by atoms with Crippen molar-refractivity contribution in [3.05, 3.63) is 22.7 Å². The molecule has 0 aromatic heterocycles. The predicted molar refractivity (Wildman–Crippen MR) is 65.7 cm³/mol. The van der Waals surface area contributed by atoms with Gasteiger partial charge >= 0.3 is 12.1 Å². The summed E-state index contributed by atoms with van der Waals surface area (Å²) in [6.45, 7) is -0.280. The molecule has 1 rings (SSSR count). The molecule has 0 aliphatic carbocycles. The van der Waals surface area contributed by atoms with Crippen molar-refractivity contribution in [1.29, 1.82) is 0 Å². The van der Waals surface area contributed by atoms with E-state index in [2.05, 4.69) is 0 Å². The maximum Gasteiger partial charge on any atom is 0.389 e. The molecular formula is C12H12ClF3O4. The lowest BCUT2D eigenvalue weighted by Crippen LogP contribution is -2.11. The number of benzene rings is 1. The molecule has 0 aliphatic rings. The van der Waals surface area contributed by atoms with E-state index >= 15 is 0 Å². The molecule has 0 amide bonds. The number of carbonyl (C=O) groups is 1. The van der Waals surface area contributed by atoms with Gasteiger partial charge in [0, 0.05) is 17.5 Å². The van der Waals surface area contributed by atoms with Crippen molar-refractivity contribution in [1.82, 2.24) is 0 Å². The van der Waals surface area contributed by atoms with E-state index in [1.54, 1.807) is 0 Å². The lowest BCUT2D eigenvalue weighted by Gasteiger charge is -2.14. The van der Waals surface area contributed by atoms with Gasteiger partial charge in [0.05, 0.1) is 13.7 Å². The Bertz CT molecular complexity index is 488. The molecule has 0 fully saturated rings. The van der Waals surface area contributed by atoms with Crippen LogP contribution in [0.5, 0.6) is 11.5 Å². The van der Waals surface area contributed by atoms with Crippen LogP contribution in [-0.2, 0) is 0 Å². The summed E-state index contributed by atoms with van der Waals surface area (Å²) in [5.41, 5.74) is -0.263. The van der Waals surface area contributed by atoms with Crippen LogP contribution in [-0.4, -0.2) is 31.0 Å². The Kier molecular flexibility index (Phi) is 5.50. The first kappa shape index (κ1) is 16.4. The molecule has 0 saturated carbocycles. The first-order chi connectivity index (χ1) is 9.24. The van der Waals surface area contributed by atoms with Crippen LogP contribution in [0.3, 0.4) is 0 Å². The van der Waals surface area contributed by atoms with Gasteiger partial charge in [-0.15, -0.1) is 0 Å². The van der Waals surface area contributed by atoms with Crippen LogP contribution in [0.1, 0.15) is 23.2 Å². The molecule has 8 heteroatoms. The summed E-state index contributed by atoms with van der Waals surface area (Å²) in [5, 5.41) is 9.15. The molecule has 0 unspecified atom stereocenters. The van der Waals surface area contributed by atoms with Gasteiger partial charge in [-0.05, 0) is 12.5 Å². The van der Waals surface area contributed by atoms with Gasteiger partial charge in [-0.25, -0.2) is 4.79 Å². The molecule has 20 heavy (non-hydrogen) atoms. The van der Waals surface area contributed by atoms with Crippen LogP contribution in [0.25, 0.3) is 0 Å². The molecule has 0 bridgehead atoms. The van der Waals surface area contributed by atoms with E-state index in [1.807, 2.05) is 0 Å². The van der Waals surface area contributed by atoms with E-state index in [1.165, 1.54) is 13.2 Å². The first-order valence-corrected chi connectivity index (χ1v) is 5.93. The number of halogens is 4. The largest absolute Gasteiger partial charge is 0.493 e. The number of alkyl halides is 3. The number of hydrogen-bond acceptors (Lipinski definition) is 3. The molecule has 112 valence electrons. The summed E-state index contributed by atoms with van der Waals surface area (Å²) in [6.07, 6.45) is -5.57. The average molecular weight is 313 g/mol. The van der Waals surface area contributed by atoms with Crippen molar-refractivity contribution in [2.24, 2.45) is 0 Å². The van der Waals surface area contributed by atoms with Crippen LogP contribution >= 0.6 is 11.6 Å². The van der Waals surface area contributed by atoms with Crippen molar-refractivity contribution >= 4 is 17.6 Å². The molecule has 0 aliphatic heterocycles. The van der Waals surface area contributed by atoms with Crippen molar-refractivity contribution in [3.8, 4) is 11.5 Å². The van der Waals surface area contributed by atoms with Gasteiger partial charge in [0.2, 0.25) is 0 Å². The smallest absolute Gasteiger partial charge is 0.389 e. The zero-order valence-corrected chi connectivity index (χ0v) is 11.2. The maximum absolute atomic E-state index is 12.0. The second-order valence-electron chi connectivity index (χ2n) is 3.86. The van der Waals surface area contributed by atoms with Gasteiger partial charge < -0.3 is 14.6 Å². The van der Waals surface area contributed by atoms with Gasteiger partial charge in [0.15, 0.2) is 11.5 Å². The highest BCUT2D eigenvalue weighted by molar-refractivity contribution is 6.31. The standard InChI is InChI=1S/C12H12ClF3O4/c1-19-9-6-7(13)5-8(11(17)18)10(9)20-4-2-3-12(14,15)16/h5-6H,2-4H2,1H3,(H,17,18). The minimum atomic E-state index is -4.27. The number of carboxylic acid groups (broad SMARTS) is 1. The van der Waals surface area contributed by atoms with Crippen LogP contribution in [0, 0.1) is 0 Å². The number of aromatic carboxylic acids is 1. The normalized spacial score (nSPS) is 11.2. The van der Waals surface area contributed by atoms with E-state index in [9.17, 15) is 18.0 Å². The second-order valence-corrected chi connectivity index (χ2v) is 4.29. The Hall–Kier alpha value is -1.63. The monoisotopic (exact) mass is 312 g/mol. The van der Waals surface area contributed by atoms with E-state index in [4.69, 9.17) is 26.2 Å². The lowest BCUT2D eigenvalue weighted by atomic mass is 10.2. The Morgan fingerprint density at radius 3 is 2.55 bits per heavy atom. The predicted octanol–water partition coefficient (Wildman–Crippen LogP) is 3.77. The first-order valence-electron chi connectivity index (χ1n) is 5.55. The van der Waals surface area contributed by atoms with Crippen molar-refractivity contribution < 1.29 is 32.5 Å². The SMILES string of the molecule is COc1cc(Cl)cc(C(=O)O)c1OCCCC(F)(F)F. The molecule has 1 aromatic rings. The maximum atomic E-state index is 12.0. The highest BCUT2D eigenvalue weighted by Gasteiger charge is 2.26. The summed E-state index contributed by atoms with van der Waals surface area (Å²) in [4.78, 5) is 11.1. The fraction of sp³-hybridized carbons (Fsp3) is 0.417. The van der Waals surface area contributed by atoms with E-state index in [0.717, 1.165) is 6.07 Å². The van der Waals surface area contributed by atoms with Gasteiger partial charge in [0.25, 0.3) is 0 Å². The Morgan fingerprint density at radius 1 is 1.40 bits per heavy atom. The van der Waals surface area contributed by atoms with Crippen LogP contribution in [0.4, 0.5) is 13.2 Å². The quantitative estimate of drug-likeness (QED) is 0.812. The zero-order chi connectivity index (χ0) is 15.3. The summed E-state index contributed by atoms with van der Waals surface area (Å²) in [7, 11) is 1.28. The summed E-state index contributed by atoms with van der Waals surface area (Å²) < 4.78 is 46.0. The Balaban J connectivity index is 2.84. The van der Waals surface area contributed by atoms with Crippen molar-refractivity contribution in [3.63, 3.8) is 0 Å².